The molecule has 0 heterocycles. The minimum absolute atomic E-state index is 0. The first-order valence-electron chi connectivity index (χ1n) is 5.52. The topological polar surface area (TPSA) is 156 Å². The summed E-state index contributed by atoms with van der Waals surface area (Å²) in [7, 11) is 0. The molecule has 0 unspecified atom stereocenters. The summed E-state index contributed by atoms with van der Waals surface area (Å²) in [5.74, 6) is -4.91. The molecule has 0 saturated carbocycles. The van der Waals surface area contributed by atoms with E-state index in [-0.39, 0.29) is 30.5 Å². The molecule has 120 valence electrons. The Balaban J connectivity index is 0. The van der Waals surface area contributed by atoms with Crippen molar-refractivity contribution in [2.24, 2.45) is 0 Å². The minimum atomic E-state index is -1.23. The van der Waals surface area contributed by atoms with E-state index >= 15 is 0 Å². The van der Waals surface area contributed by atoms with E-state index in [0.717, 1.165) is 9.80 Å². The molecule has 21 heavy (non-hydrogen) atoms. The van der Waals surface area contributed by atoms with Crippen molar-refractivity contribution in [3.05, 3.63) is 0 Å². The Hall–Kier alpha value is -1.67. The van der Waals surface area contributed by atoms with Gasteiger partial charge in [-0.15, -0.1) is 0 Å². The summed E-state index contributed by atoms with van der Waals surface area (Å²) in [5.41, 5.74) is 0. The fourth-order valence-corrected chi connectivity index (χ4v) is 1.48. The molecule has 0 atom stereocenters. The maximum absolute atomic E-state index is 10.6. The van der Waals surface area contributed by atoms with Gasteiger partial charge in [-0.05, 0) is 0 Å². The molecule has 4 N–H and O–H groups in total. The Morgan fingerprint density at radius 3 is 0.905 bits per heavy atom. The summed E-state index contributed by atoms with van der Waals surface area (Å²) in [4.78, 5) is 44.4. The summed E-state index contributed by atoms with van der Waals surface area (Å²) >= 11 is 0. The van der Waals surface area contributed by atoms with Crippen LogP contribution in [0.1, 0.15) is 0 Å². The van der Waals surface area contributed by atoms with Crippen molar-refractivity contribution >= 4 is 23.9 Å². The van der Waals surface area contributed by atoms with Crippen LogP contribution in [-0.2, 0) is 36.5 Å². The van der Waals surface area contributed by atoms with Gasteiger partial charge in [-0.2, -0.15) is 0 Å². The van der Waals surface area contributed by atoms with E-state index in [0.29, 0.717) is 0 Å². The zero-order valence-corrected chi connectivity index (χ0v) is 12.2. The van der Waals surface area contributed by atoms with Crippen molar-refractivity contribution < 1.29 is 57.0 Å². The second-order valence-corrected chi connectivity index (χ2v) is 4.00. The van der Waals surface area contributed by atoms with Crippen molar-refractivity contribution in [1.82, 2.24) is 9.80 Å². The summed E-state index contributed by atoms with van der Waals surface area (Å²) in [5, 5.41) is 34.5. The van der Waals surface area contributed by atoms with E-state index in [4.69, 9.17) is 20.4 Å². The van der Waals surface area contributed by atoms with Gasteiger partial charge in [0, 0.05) is 30.5 Å². The molecule has 10 nitrogen and oxygen atoms in total. The maximum atomic E-state index is 10.6. The van der Waals surface area contributed by atoms with Crippen molar-refractivity contribution in [1.29, 1.82) is 0 Å². The van der Waals surface area contributed by atoms with Crippen LogP contribution in [0.3, 0.4) is 0 Å². The van der Waals surface area contributed by atoms with Gasteiger partial charge in [0.25, 0.3) is 0 Å². The molecule has 0 amide bonds. The Morgan fingerprint density at radius 2 is 0.762 bits per heavy atom. The molecule has 0 aliphatic rings. The monoisotopic (exact) mass is 344 g/mol. The molecule has 0 fully saturated rings. The summed E-state index contributed by atoms with van der Waals surface area (Å²) in [6.07, 6.45) is 0. The van der Waals surface area contributed by atoms with Gasteiger partial charge < -0.3 is 20.4 Å². The number of carbonyl (C=O) groups is 4. The second kappa shape index (κ2) is 11.0. The van der Waals surface area contributed by atoms with Crippen molar-refractivity contribution in [2.45, 2.75) is 0 Å². The molecule has 0 spiro atoms. The molecular formula is C10H16CrN2O8. The fraction of sp³-hybridized carbons (Fsp3) is 0.600. The molecule has 0 aromatic heterocycles. The third-order valence-electron chi connectivity index (χ3n) is 2.17. The Kier molecular flexibility index (Phi) is 11.4. The Bertz CT molecular complexity index is 321. The van der Waals surface area contributed by atoms with Crippen LogP contribution >= 0.6 is 0 Å². The molecule has 0 aromatic carbocycles. The Labute approximate surface area is 130 Å². The molecule has 0 aliphatic carbocycles. The molecule has 0 aliphatic heterocycles. The molecule has 0 aromatic rings. The van der Waals surface area contributed by atoms with Crippen LogP contribution in [0.5, 0.6) is 0 Å². The number of aliphatic carboxylic acids is 4. The first-order chi connectivity index (χ1) is 9.20. The van der Waals surface area contributed by atoms with E-state index in [1.165, 1.54) is 0 Å². The van der Waals surface area contributed by atoms with E-state index in [2.05, 4.69) is 0 Å². The normalized spacial score (nSPS) is 10.2. The standard InChI is InChI=1S/C10H16N2O8.Cr/c13-7(14)3-11(4-8(15)16)1-2-12(5-9(17)18)6-10(19)20;/h1-6H2,(H,13,14)(H,15,16)(H,17,18)(H,19,20);. The van der Waals surface area contributed by atoms with Crippen LogP contribution in [0.2, 0.25) is 0 Å². The average molecular weight is 344 g/mol. The van der Waals surface area contributed by atoms with Gasteiger partial charge in [0.15, 0.2) is 0 Å². The van der Waals surface area contributed by atoms with E-state index in [1.54, 1.807) is 0 Å². The molecular weight excluding hydrogens is 328 g/mol. The third-order valence-corrected chi connectivity index (χ3v) is 2.17. The van der Waals surface area contributed by atoms with Crippen LogP contribution in [0.4, 0.5) is 0 Å². The van der Waals surface area contributed by atoms with Crippen molar-refractivity contribution in [3.63, 3.8) is 0 Å². The number of carboxylic acid groups (broad SMARTS) is 4. The first-order valence-corrected chi connectivity index (χ1v) is 5.52. The summed E-state index contributed by atoms with van der Waals surface area (Å²) in [6, 6.07) is 0. The summed E-state index contributed by atoms with van der Waals surface area (Å²) < 4.78 is 0. The second-order valence-electron chi connectivity index (χ2n) is 4.00. The van der Waals surface area contributed by atoms with Crippen LogP contribution < -0.4 is 0 Å². The van der Waals surface area contributed by atoms with E-state index in [1.807, 2.05) is 0 Å². The number of hydrogen-bond acceptors (Lipinski definition) is 6. The van der Waals surface area contributed by atoms with Gasteiger partial charge in [0.2, 0.25) is 0 Å². The minimum Gasteiger partial charge on any atom is -0.480 e. The zero-order valence-electron chi connectivity index (χ0n) is 11.0. The van der Waals surface area contributed by atoms with Crippen molar-refractivity contribution in [3.8, 4) is 0 Å². The molecule has 0 bridgehead atoms. The van der Waals surface area contributed by atoms with Gasteiger partial charge in [-0.25, -0.2) is 0 Å². The summed E-state index contributed by atoms with van der Waals surface area (Å²) in [6.45, 7) is -2.25. The number of carboxylic acids is 4. The van der Waals surface area contributed by atoms with E-state index < -0.39 is 50.1 Å². The number of rotatable bonds is 11. The fourth-order valence-electron chi connectivity index (χ4n) is 1.48. The molecule has 11 heteroatoms. The van der Waals surface area contributed by atoms with Crippen LogP contribution in [0.15, 0.2) is 0 Å². The SMILES string of the molecule is O=C(O)CN(CCN(CC(=O)O)CC(=O)O)CC(=O)O.[Cr]. The Morgan fingerprint density at radius 1 is 0.571 bits per heavy atom. The van der Waals surface area contributed by atoms with E-state index in [9.17, 15) is 19.2 Å². The first kappa shape index (κ1) is 21.6. The molecule has 0 rings (SSSR count). The predicted octanol–water partition coefficient (Wildman–Crippen LogP) is -2.07. The zero-order chi connectivity index (χ0) is 15.7. The quantitative estimate of drug-likeness (QED) is 0.328. The van der Waals surface area contributed by atoms with Gasteiger partial charge in [0.1, 0.15) is 0 Å². The third kappa shape index (κ3) is 13.1. The average Bonchev–Trinajstić information content (AvgIpc) is 2.22. The number of nitrogens with zero attached hydrogens (tertiary/aromatic N) is 2. The van der Waals surface area contributed by atoms with Crippen LogP contribution in [0.25, 0.3) is 0 Å². The van der Waals surface area contributed by atoms with Gasteiger partial charge in [-0.1, -0.05) is 0 Å². The smallest absolute Gasteiger partial charge is 0.317 e. The van der Waals surface area contributed by atoms with Crippen molar-refractivity contribution in [2.75, 3.05) is 39.3 Å². The van der Waals surface area contributed by atoms with Crippen LogP contribution in [0, 0.1) is 0 Å². The largest absolute Gasteiger partial charge is 0.480 e. The molecule has 0 radical (unpaired) electrons. The van der Waals surface area contributed by atoms with Gasteiger partial charge >= 0.3 is 23.9 Å². The predicted molar refractivity (Wildman–Crippen MR) is 63.4 cm³/mol. The van der Waals surface area contributed by atoms with Gasteiger partial charge in [-0.3, -0.25) is 29.0 Å². The molecule has 0 saturated heterocycles. The van der Waals surface area contributed by atoms with Crippen LogP contribution in [-0.4, -0.2) is 93.4 Å². The maximum Gasteiger partial charge on any atom is 0.317 e. The number of hydrogen-bond donors (Lipinski definition) is 4. The van der Waals surface area contributed by atoms with Gasteiger partial charge in [0.05, 0.1) is 26.2 Å².